The number of aromatic nitrogens is 5. The average molecular weight is 370 g/mol. The van der Waals surface area contributed by atoms with Crippen molar-refractivity contribution in [3.05, 3.63) is 102 Å². The van der Waals surface area contributed by atoms with Crippen LogP contribution in [0.1, 0.15) is 21.6 Å². The van der Waals surface area contributed by atoms with Crippen molar-refractivity contribution >= 4 is 5.91 Å². The monoisotopic (exact) mass is 370 g/mol. The highest BCUT2D eigenvalue weighted by Gasteiger charge is 2.19. The fourth-order valence-electron chi connectivity index (χ4n) is 2.86. The van der Waals surface area contributed by atoms with Crippen LogP contribution in [-0.2, 0) is 13.1 Å². The summed E-state index contributed by atoms with van der Waals surface area (Å²) in [6.07, 6.45) is 2.95. The van der Waals surface area contributed by atoms with Gasteiger partial charge in [-0.15, -0.1) is 10.2 Å². The molecule has 138 valence electrons. The molecule has 7 nitrogen and oxygen atoms in total. The van der Waals surface area contributed by atoms with Crippen LogP contribution in [0, 0.1) is 0 Å². The Labute approximate surface area is 162 Å². The van der Waals surface area contributed by atoms with Gasteiger partial charge < -0.3 is 4.90 Å². The van der Waals surface area contributed by atoms with Gasteiger partial charge in [0.05, 0.1) is 0 Å². The predicted molar refractivity (Wildman–Crippen MR) is 103 cm³/mol. The maximum atomic E-state index is 13.1. The van der Waals surface area contributed by atoms with Gasteiger partial charge in [0, 0.05) is 13.1 Å². The van der Waals surface area contributed by atoms with E-state index in [4.69, 9.17) is 0 Å². The molecule has 0 unspecified atom stereocenters. The van der Waals surface area contributed by atoms with Crippen molar-refractivity contribution in [1.29, 1.82) is 0 Å². The van der Waals surface area contributed by atoms with Gasteiger partial charge in [-0.3, -0.25) is 4.79 Å². The summed E-state index contributed by atoms with van der Waals surface area (Å²) in [5.41, 5.74) is 2.40. The topological polar surface area (TPSA) is 76.8 Å². The molecular weight excluding hydrogens is 352 g/mol. The number of nitrogens with zero attached hydrogens (tertiary/aromatic N) is 6. The van der Waals surface area contributed by atoms with Gasteiger partial charge in [0.25, 0.3) is 5.91 Å². The minimum absolute atomic E-state index is 0.176. The molecule has 0 bridgehead atoms. The fraction of sp³-hybridized carbons (Fsp3) is 0.0952. The van der Waals surface area contributed by atoms with Crippen LogP contribution in [0.4, 0.5) is 0 Å². The molecule has 0 aliphatic carbocycles. The standard InChI is InChI=1S/C21H18N6O/c28-21(19-11-12-20(25-24-19)27-16-22-15-23-27)26(13-17-7-3-1-4-8-17)14-18-9-5-2-6-10-18/h1-12,15-16H,13-14H2. The lowest BCUT2D eigenvalue weighted by Crippen LogP contribution is -2.31. The van der Waals surface area contributed by atoms with Crippen LogP contribution in [0.5, 0.6) is 0 Å². The first-order valence-corrected chi connectivity index (χ1v) is 8.85. The Bertz CT molecular complexity index is 976. The highest BCUT2D eigenvalue weighted by Crippen LogP contribution is 2.13. The lowest BCUT2D eigenvalue weighted by atomic mass is 10.1. The Kier molecular flexibility index (Phi) is 5.15. The molecular formula is C21H18N6O. The molecule has 0 aliphatic rings. The molecule has 2 aromatic heterocycles. The zero-order chi connectivity index (χ0) is 19.2. The molecule has 4 rings (SSSR count). The van der Waals surface area contributed by atoms with Crippen LogP contribution < -0.4 is 0 Å². The van der Waals surface area contributed by atoms with Crippen LogP contribution >= 0.6 is 0 Å². The highest BCUT2D eigenvalue weighted by atomic mass is 16.2. The molecule has 28 heavy (non-hydrogen) atoms. The lowest BCUT2D eigenvalue weighted by Gasteiger charge is -2.22. The number of amides is 1. The van der Waals surface area contributed by atoms with Crippen molar-refractivity contribution in [1.82, 2.24) is 29.9 Å². The Balaban J connectivity index is 1.58. The van der Waals surface area contributed by atoms with Crippen molar-refractivity contribution in [3.63, 3.8) is 0 Å². The zero-order valence-corrected chi connectivity index (χ0v) is 15.1. The third-order valence-corrected chi connectivity index (χ3v) is 4.24. The number of benzene rings is 2. The quantitative estimate of drug-likeness (QED) is 0.522. The first-order valence-electron chi connectivity index (χ1n) is 8.85. The van der Waals surface area contributed by atoms with E-state index in [1.807, 2.05) is 60.7 Å². The molecule has 2 aromatic carbocycles. The summed E-state index contributed by atoms with van der Waals surface area (Å²) in [6.45, 7) is 0.974. The van der Waals surface area contributed by atoms with Crippen LogP contribution in [0.3, 0.4) is 0 Å². The third-order valence-electron chi connectivity index (χ3n) is 4.24. The average Bonchev–Trinajstić information content (AvgIpc) is 3.29. The molecule has 0 N–H and O–H groups in total. The molecule has 0 aliphatic heterocycles. The van der Waals surface area contributed by atoms with E-state index >= 15 is 0 Å². The minimum Gasteiger partial charge on any atom is -0.329 e. The molecule has 1 amide bonds. The smallest absolute Gasteiger partial charge is 0.274 e. The summed E-state index contributed by atoms with van der Waals surface area (Å²) in [5, 5.41) is 12.2. The van der Waals surface area contributed by atoms with Gasteiger partial charge in [0.2, 0.25) is 0 Å². The molecule has 0 spiro atoms. The van der Waals surface area contributed by atoms with E-state index in [-0.39, 0.29) is 11.6 Å². The summed E-state index contributed by atoms with van der Waals surface area (Å²) >= 11 is 0. The van der Waals surface area contributed by atoms with Gasteiger partial charge in [-0.05, 0) is 23.3 Å². The van der Waals surface area contributed by atoms with Crippen LogP contribution in [-0.4, -0.2) is 35.8 Å². The molecule has 0 radical (unpaired) electrons. The first kappa shape index (κ1) is 17.5. The number of carbonyl (C=O) groups excluding carboxylic acids is 1. The number of carbonyl (C=O) groups is 1. The second-order valence-corrected chi connectivity index (χ2v) is 6.25. The first-order chi connectivity index (χ1) is 13.8. The molecule has 0 saturated carbocycles. The maximum Gasteiger partial charge on any atom is 0.274 e. The van der Waals surface area contributed by atoms with Crippen LogP contribution in [0.2, 0.25) is 0 Å². The summed E-state index contributed by atoms with van der Waals surface area (Å²) in [7, 11) is 0. The second-order valence-electron chi connectivity index (χ2n) is 6.25. The third kappa shape index (κ3) is 4.09. The van der Waals surface area contributed by atoms with E-state index in [2.05, 4.69) is 20.3 Å². The zero-order valence-electron chi connectivity index (χ0n) is 15.1. The molecule has 2 heterocycles. The van der Waals surface area contributed by atoms with E-state index in [1.54, 1.807) is 17.0 Å². The van der Waals surface area contributed by atoms with Crippen molar-refractivity contribution in [2.45, 2.75) is 13.1 Å². The van der Waals surface area contributed by atoms with E-state index in [0.29, 0.717) is 18.9 Å². The van der Waals surface area contributed by atoms with Gasteiger partial charge in [-0.1, -0.05) is 60.7 Å². The van der Waals surface area contributed by atoms with E-state index in [0.717, 1.165) is 11.1 Å². The molecule has 0 atom stereocenters. The van der Waals surface area contributed by atoms with Crippen LogP contribution in [0.25, 0.3) is 5.82 Å². The Morgan fingerprint density at radius 1 is 0.821 bits per heavy atom. The second kappa shape index (κ2) is 8.22. The van der Waals surface area contributed by atoms with Gasteiger partial charge in [0.15, 0.2) is 11.5 Å². The van der Waals surface area contributed by atoms with Gasteiger partial charge in [-0.2, -0.15) is 5.10 Å². The Hall–Kier alpha value is -3.87. The number of hydrogen-bond donors (Lipinski definition) is 0. The molecule has 0 fully saturated rings. The number of rotatable bonds is 6. The Morgan fingerprint density at radius 3 is 1.96 bits per heavy atom. The lowest BCUT2D eigenvalue weighted by molar-refractivity contribution is 0.0723. The summed E-state index contributed by atoms with van der Waals surface area (Å²) in [5.74, 6) is 0.331. The van der Waals surface area contributed by atoms with Crippen molar-refractivity contribution < 1.29 is 4.79 Å². The normalized spacial score (nSPS) is 10.6. The van der Waals surface area contributed by atoms with Gasteiger partial charge >= 0.3 is 0 Å². The van der Waals surface area contributed by atoms with Crippen molar-refractivity contribution in [3.8, 4) is 5.82 Å². The van der Waals surface area contributed by atoms with E-state index < -0.39 is 0 Å². The van der Waals surface area contributed by atoms with Gasteiger partial charge in [-0.25, -0.2) is 9.67 Å². The van der Waals surface area contributed by atoms with Crippen LogP contribution in [0.15, 0.2) is 85.5 Å². The maximum absolute atomic E-state index is 13.1. The predicted octanol–water partition coefficient (Wildman–Crippen LogP) is 2.90. The van der Waals surface area contributed by atoms with Crippen molar-refractivity contribution in [2.24, 2.45) is 0 Å². The van der Waals surface area contributed by atoms with Gasteiger partial charge in [0.1, 0.15) is 12.7 Å². The SMILES string of the molecule is O=C(c1ccc(-n2cncn2)nn1)N(Cc1ccccc1)Cc1ccccc1. The fourth-order valence-corrected chi connectivity index (χ4v) is 2.86. The molecule has 7 heteroatoms. The summed E-state index contributed by atoms with van der Waals surface area (Å²) in [6, 6.07) is 23.2. The number of hydrogen-bond acceptors (Lipinski definition) is 5. The highest BCUT2D eigenvalue weighted by molar-refractivity contribution is 5.92. The largest absolute Gasteiger partial charge is 0.329 e. The molecule has 4 aromatic rings. The Morgan fingerprint density at radius 2 is 1.46 bits per heavy atom. The van der Waals surface area contributed by atoms with E-state index in [9.17, 15) is 4.79 Å². The van der Waals surface area contributed by atoms with Crippen molar-refractivity contribution in [2.75, 3.05) is 0 Å². The summed E-state index contributed by atoms with van der Waals surface area (Å²) in [4.78, 5) is 18.8. The van der Waals surface area contributed by atoms with E-state index in [1.165, 1.54) is 17.3 Å². The summed E-state index contributed by atoms with van der Waals surface area (Å²) < 4.78 is 1.49. The minimum atomic E-state index is -0.176. The molecule has 0 saturated heterocycles.